The van der Waals surface area contributed by atoms with Gasteiger partial charge in [-0.05, 0) is 42.4 Å². The summed E-state index contributed by atoms with van der Waals surface area (Å²) in [5, 5.41) is 12.4. The van der Waals surface area contributed by atoms with Gasteiger partial charge in [0.15, 0.2) is 0 Å². The molecule has 0 spiro atoms. The third kappa shape index (κ3) is 2.05. The number of allylic oxidation sites excluding steroid dienone is 2. The lowest BCUT2D eigenvalue weighted by molar-refractivity contribution is -0.147. The Balaban J connectivity index is 1.65. The third-order valence-electron chi connectivity index (χ3n) is 5.78. The fourth-order valence-electron chi connectivity index (χ4n) is 4.02. The minimum Gasteiger partial charge on any atom is -0.481 e. The van der Waals surface area contributed by atoms with E-state index in [1.807, 2.05) is 12.2 Å². The van der Waals surface area contributed by atoms with Crippen molar-refractivity contribution in [3.05, 3.63) is 12.2 Å². The van der Waals surface area contributed by atoms with Crippen LogP contribution in [0.4, 0.5) is 0 Å². The van der Waals surface area contributed by atoms with Crippen LogP contribution < -0.4 is 5.32 Å². The Hall–Kier alpha value is -1.32. The first-order chi connectivity index (χ1) is 9.44. The lowest BCUT2D eigenvalue weighted by Crippen LogP contribution is -2.42. The van der Waals surface area contributed by atoms with E-state index in [-0.39, 0.29) is 29.1 Å². The van der Waals surface area contributed by atoms with Crippen LogP contribution in [-0.2, 0) is 9.59 Å². The number of carboxylic acid groups (broad SMARTS) is 1. The zero-order chi connectivity index (χ0) is 14.5. The minimum absolute atomic E-state index is 0.0493. The maximum absolute atomic E-state index is 12.4. The van der Waals surface area contributed by atoms with Crippen LogP contribution in [-0.4, -0.2) is 23.5 Å². The van der Waals surface area contributed by atoms with E-state index in [1.165, 1.54) is 12.8 Å². The number of carbonyl (C=O) groups excluding carboxylic acids is 1. The van der Waals surface area contributed by atoms with Gasteiger partial charge < -0.3 is 10.4 Å². The maximum atomic E-state index is 12.4. The van der Waals surface area contributed by atoms with Crippen LogP contribution in [0.25, 0.3) is 0 Å². The van der Waals surface area contributed by atoms with E-state index in [2.05, 4.69) is 19.2 Å². The molecule has 3 rings (SSSR count). The molecular weight excluding hydrogens is 254 g/mol. The molecule has 0 aromatic heterocycles. The molecule has 4 heteroatoms. The van der Waals surface area contributed by atoms with Crippen LogP contribution in [0.1, 0.15) is 33.1 Å². The first-order valence-electron chi connectivity index (χ1n) is 7.63. The number of hydrogen-bond donors (Lipinski definition) is 2. The van der Waals surface area contributed by atoms with Crippen LogP contribution in [0.3, 0.4) is 0 Å². The number of rotatable bonds is 5. The monoisotopic (exact) mass is 277 g/mol. The van der Waals surface area contributed by atoms with E-state index in [9.17, 15) is 14.7 Å². The molecule has 2 N–H and O–H groups in total. The number of fused-ring (bicyclic) bond motifs is 2. The molecule has 0 aliphatic heterocycles. The number of carbonyl (C=O) groups is 2. The van der Waals surface area contributed by atoms with E-state index >= 15 is 0 Å². The topological polar surface area (TPSA) is 66.4 Å². The average Bonchev–Trinajstić information content (AvgIpc) is 2.92. The molecule has 2 saturated carbocycles. The van der Waals surface area contributed by atoms with Crippen LogP contribution in [0.15, 0.2) is 12.2 Å². The van der Waals surface area contributed by atoms with Crippen molar-refractivity contribution < 1.29 is 14.7 Å². The van der Waals surface area contributed by atoms with Crippen molar-refractivity contribution in [2.45, 2.75) is 33.1 Å². The Morgan fingerprint density at radius 2 is 1.85 bits per heavy atom. The highest BCUT2D eigenvalue weighted by Gasteiger charge is 2.52. The zero-order valence-electron chi connectivity index (χ0n) is 12.1. The van der Waals surface area contributed by atoms with Crippen molar-refractivity contribution >= 4 is 11.9 Å². The molecule has 110 valence electrons. The number of aliphatic carboxylic acids is 1. The second-order valence-electron chi connectivity index (χ2n) is 7.07. The van der Waals surface area contributed by atoms with Gasteiger partial charge in [-0.3, -0.25) is 9.59 Å². The summed E-state index contributed by atoms with van der Waals surface area (Å²) in [4.78, 5) is 23.9. The third-order valence-corrected chi connectivity index (χ3v) is 5.78. The fourth-order valence-corrected chi connectivity index (χ4v) is 4.02. The summed E-state index contributed by atoms with van der Waals surface area (Å²) in [6.07, 6.45) is 7.17. The molecule has 0 radical (unpaired) electrons. The van der Waals surface area contributed by atoms with Crippen molar-refractivity contribution in [3.63, 3.8) is 0 Å². The van der Waals surface area contributed by atoms with Crippen molar-refractivity contribution in [3.8, 4) is 0 Å². The van der Waals surface area contributed by atoms with Crippen LogP contribution in [0.2, 0.25) is 0 Å². The van der Waals surface area contributed by atoms with Gasteiger partial charge >= 0.3 is 5.97 Å². The van der Waals surface area contributed by atoms with Gasteiger partial charge in [0, 0.05) is 6.54 Å². The van der Waals surface area contributed by atoms with Crippen LogP contribution in [0, 0.1) is 35.0 Å². The van der Waals surface area contributed by atoms with E-state index in [0.717, 1.165) is 6.42 Å². The molecule has 20 heavy (non-hydrogen) atoms. The highest BCUT2D eigenvalue weighted by atomic mass is 16.4. The molecule has 3 aliphatic carbocycles. The number of hydrogen-bond acceptors (Lipinski definition) is 2. The summed E-state index contributed by atoms with van der Waals surface area (Å²) in [6, 6.07) is 0. The molecule has 3 aliphatic rings. The van der Waals surface area contributed by atoms with Crippen molar-refractivity contribution in [1.82, 2.24) is 5.32 Å². The van der Waals surface area contributed by atoms with Crippen LogP contribution in [0.5, 0.6) is 0 Å². The molecule has 1 amide bonds. The Morgan fingerprint density at radius 1 is 1.25 bits per heavy atom. The number of amides is 1. The van der Waals surface area contributed by atoms with E-state index in [4.69, 9.17) is 0 Å². The molecule has 0 aromatic carbocycles. The lowest BCUT2D eigenvalue weighted by Gasteiger charge is -2.26. The van der Waals surface area contributed by atoms with Gasteiger partial charge in [0.2, 0.25) is 5.91 Å². The molecule has 2 fully saturated rings. The number of nitrogens with one attached hydrogen (secondary N) is 1. The van der Waals surface area contributed by atoms with E-state index < -0.39 is 11.9 Å². The first kappa shape index (κ1) is 13.7. The Labute approximate surface area is 119 Å². The molecular formula is C16H23NO3. The molecule has 4 atom stereocenters. The molecule has 0 heterocycles. The van der Waals surface area contributed by atoms with Gasteiger partial charge in [-0.2, -0.15) is 0 Å². The number of carboxylic acids is 1. The highest BCUT2D eigenvalue weighted by molar-refractivity contribution is 5.86. The quantitative estimate of drug-likeness (QED) is 0.756. The van der Waals surface area contributed by atoms with Gasteiger partial charge in [0.1, 0.15) is 0 Å². The fraction of sp³-hybridized carbons (Fsp3) is 0.750. The summed E-state index contributed by atoms with van der Waals surface area (Å²) in [5.74, 6) is -1.04. The Kier molecular flexibility index (Phi) is 3.14. The smallest absolute Gasteiger partial charge is 0.307 e. The second-order valence-corrected chi connectivity index (χ2v) is 7.07. The van der Waals surface area contributed by atoms with Crippen molar-refractivity contribution in [1.29, 1.82) is 0 Å². The minimum atomic E-state index is -0.827. The van der Waals surface area contributed by atoms with Gasteiger partial charge in [-0.15, -0.1) is 0 Å². The predicted molar refractivity (Wildman–Crippen MR) is 74.9 cm³/mol. The van der Waals surface area contributed by atoms with Crippen LogP contribution >= 0.6 is 0 Å². The maximum Gasteiger partial charge on any atom is 0.307 e. The summed E-state index contributed by atoms with van der Waals surface area (Å²) in [6.45, 7) is 5.09. The van der Waals surface area contributed by atoms with Gasteiger partial charge in [0.25, 0.3) is 0 Å². The van der Waals surface area contributed by atoms with Gasteiger partial charge in [-0.25, -0.2) is 0 Å². The summed E-state index contributed by atoms with van der Waals surface area (Å²) in [7, 11) is 0. The van der Waals surface area contributed by atoms with E-state index in [1.54, 1.807) is 0 Å². The Morgan fingerprint density at radius 3 is 2.35 bits per heavy atom. The average molecular weight is 277 g/mol. The molecule has 4 nitrogen and oxygen atoms in total. The summed E-state index contributed by atoms with van der Waals surface area (Å²) < 4.78 is 0. The lowest BCUT2D eigenvalue weighted by atomic mass is 9.82. The van der Waals surface area contributed by atoms with Crippen molar-refractivity contribution in [2.75, 3.05) is 6.54 Å². The second kappa shape index (κ2) is 4.61. The normalized spacial score (nSPS) is 36.4. The SMILES string of the molecule is CC(C)C1(CNC(=O)C2C3C=CC(C3)C2C(=O)O)CC1. The molecule has 0 aromatic rings. The largest absolute Gasteiger partial charge is 0.481 e. The summed E-state index contributed by atoms with van der Waals surface area (Å²) >= 11 is 0. The Bertz CT molecular complexity index is 464. The molecule has 2 bridgehead atoms. The highest BCUT2D eigenvalue weighted by Crippen LogP contribution is 2.52. The zero-order valence-corrected chi connectivity index (χ0v) is 12.1. The molecule has 4 unspecified atom stereocenters. The van der Waals surface area contributed by atoms with Gasteiger partial charge in [-0.1, -0.05) is 26.0 Å². The van der Waals surface area contributed by atoms with Crippen molar-refractivity contribution in [2.24, 2.45) is 35.0 Å². The van der Waals surface area contributed by atoms with Gasteiger partial charge in [0.05, 0.1) is 11.8 Å². The van der Waals surface area contributed by atoms with E-state index in [0.29, 0.717) is 12.5 Å². The summed E-state index contributed by atoms with van der Waals surface area (Å²) in [5.41, 5.74) is 0.266. The first-order valence-corrected chi connectivity index (χ1v) is 7.63. The molecule has 0 saturated heterocycles. The predicted octanol–water partition coefficient (Wildman–Crippen LogP) is 2.06. The standard InChI is InChI=1S/C16H23NO3/c1-9(2)16(5-6-16)8-17-14(18)12-10-3-4-11(7-10)13(12)15(19)20/h3-4,9-13H,5-8H2,1-2H3,(H,17,18)(H,19,20).